The summed E-state index contributed by atoms with van der Waals surface area (Å²) in [6.45, 7) is 1.72. The van der Waals surface area contributed by atoms with Crippen LogP contribution < -0.4 is 10.6 Å². The van der Waals surface area contributed by atoms with Gasteiger partial charge in [-0.2, -0.15) is 0 Å². The smallest absolute Gasteiger partial charge is 0.0821 e. The lowest BCUT2D eigenvalue weighted by molar-refractivity contribution is 0.0106. The number of β-amino-alcohol motifs (C(OH)–C–C–N with tert-alkyl or cyclic N) is 1. The van der Waals surface area contributed by atoms with E-state index >= 15 is 0 Å². The van der Waals surface area contributed by atoms with Crippen molar-refractivity contribution in [3.8, 4) is 0 Å². The maximum absolute atomic E-state index is 10.7. The van der Waals surface area contributed by atoms with Gasteiger partial charge in [0.05, 0.1) is 5.60 Å². The summed E-state index contributed by atoms with van der Waals surface area (Å²) in [6, 6.07) is 8.53. The molecule has 19 heavy (non-hydrogen) atoms. The van der Waals surface area contributed by atoms with Crippen molar-refractivity contribution in [2.24, 2.45) is 5.73 Å². The predicted octanol–water partition coefficient (Wildman–Crippen LogP) is 2.59. The summed E-state index contributed by atoms with van der Waals surface area (Å²) >= 11 is 0. The average Bonchev–Trinajstić information content (AvgIpc) is 2.43. The quantitative estimate of drug-likeness (QED) is 0.859. The average molecular weight is 260 g/mol. The SMILES string of the molecule is NC1CCN(CC2(O)CCCCC2)c2ccccc21. The first-order valence-electron chi connectivity index (χ1n) is 7.50. The lowest BCUT2D eigenvalue weighted by Gasteiger charge is -2.41. The lowest BCUT2D eigenvalue weighted by atomic mass is 9.83. The van der Waals surface area contributed by atoms with E-state index < -0.39 is 5.60 Å². The number of fused-ring (bicyclic) bond motifs is 1. The van der Waals surface area contributed by atoms with E-state index in [1.54, 1.807) is 0 Å². The molecule has 1 aliphatic carbocycles. The zero-order chi connectivity index (χ0) is 13.3. The first-order valence-corrected chi connectivity index (χ1v) is 7.50. The van der Waals surface area contributed by atoms with Crippen LogP contribution in [0.25, 0.3) is 0 Å². The van der Waals surface area contributed by atoms with E-state index in [2.05, 4.69) is 29.2 Å². The van der Waals surface area contributed by atoms with Crippen LogP contribution in [0.3, 0.4) is 0 Å². The highest BCUT2D eigenvalue weighted by molar-refractivity contribution is 5.57. The molecule has 3 rings (SSSR count). The fourth-order valence-electron chi connectivity index (χ4n) is 3.55. The van der Waals surface area contributed by atoms with E-state index in [9.17, 15) is 5.11 Å². The summed E-state index contributed by atoms with van der Waals surface area (Å²) in [6.07, 6.45) is 6.45. The number of para-hydroxylation sites is 1. The van der Waals surface area contributed by atoms with Gasteiger partial charge in [-0.15, -0.1) is 0 Å². The maximum Gasteiger partial charge on any atom is 0.0821 e. The second-order valence-corrected chi connectivity index (χ2v) is 6.16. The largest absolute Gasteiger partial charge is 0.388 e. The molecule has 2 aliphatic rings. The highest BCUT2D eigenvalue weighted by atomic mass is 16.3. The van der Waals surface area contributed by atoms with Crippen molar-refractivity contribution < 1.29 is 5.11 Å². The zero-order valence-corrected chi connectivity index (χ0v) is 11.5. The standard InChI is InChI=1S/C16H24N2O/c17-14-8-11-18(15-7-3-2-6-13(14)15)12-16(19)9-4-1-5-10-16/h2-3,6-7,14,19H,1,4-5,8-12,17H2. The van der Waals surface area contributed by atoms with Crippen LogP contribution in [0.4, 0.5) is 5.69 Å². The summed E-state index contributed by atoms with van der Waals surface area (Å²) < 4.78 is 0. The molecule has 1 aliphatic heterocycles. The summed E-state index contributed by atoms with van der Waals surface area (Å²) in [7, 11) is 0. The molecule has 1 aromatic rings. The molecule has 0 radical (unpaired) electrons. The minimum absolute atomic E-state index is 0.147. The molecule has 1 atom stereocenters. The van der Waals surface area contributed by atoms with Crippen molar-refractivity contribution in [2.75, 3.05) is 18.0 Å². The fraction of sp³-hybridized carbons (Fsp3) is 0.625. The van der Waals surface area contributed by atoms with Crippen LogP contribution in [0.15, 0.2) is 24.3 Å². The molecule has 1 aromatic carbocycles. The fourth-order valence-corrected chi connectivity index (χ4v) is 3.55. The van der Waals surface area contributed by atoms with Crippen LogP contribution in [0, 0.1) is 0 Å². The topological polar surface area (TPSA) is 49.5 Å². The van der Waals surface area contributed by atoms with Crippen LogP contribution in [0.1, 0.15) is 50.1 Å². The number of aliphatic hydroxyl groups is 1. The molecule has 1 unspecified atom stereocenters. The molecule has 1 saturated carbocycles. The molecular weight excluding hydrogens is 236 g/mol. The Hall–Kier alpha value is -1.06. The Morgan fingerprint density at radius 1 is 1.21 bits per heavy atom. The van der Waals surface area contributed by atoms with E-state index in [0.717, 1.165) is 45.2 Å². The van der Waals surface area contributed by atoms with Crippen LogP contribution >= 0.6 is 0 Å². The Morgan fingerprint density at radius 3 is 2.74 bits per heavy atom. The van der Waals surface area contributed by atoms with Crippen LogP contribution in [0.5, 0.6) is 0 Å². The number of hydrogen-bond acceptors (Lipinski definition) is 3. The van der Waals surface area contributed by atoms with Crippen molar-refractivity contribution in [1.82, 2.24) is 0 Å². The first kappa shape index (κ1) is 12.9. The highest BCUT2D eigenvalue weighted by Crippen LogP contribution is 2.36. The van der Waals surface area contributed by atoms with E-state index in [4.69, 9.17) is 5.73 Å². The van der Waals surface area contributed by atoms with Crippen molar-refractivity contribution >= 4 is 5.69 Å². The van der Waals surface area contributed by atoms with Crippen molar-refractivity contribution in [3.05, 3.63) is 29.8 Å². The zero-order valence-electron chi connectivity index (χ0n) is 11.5. The molecule has 0 saturated heterocycles. The van der Waals surface area contributed by atoms with Crippen molar-refractivity contribution in [2.45, 2.75) is 50.2 Å². The molecule has 0 bridgehead atoms. The van der Waals surface area contributed by atoms with Gasteiger partial charge in [-0.25, -0.2) is 0 Å². The number of nitrogens with two attached hydrogens (primary N) is 1. The second-order valence-electron chi connectivity index (χ2n) is 6.16. The molecular formula is C16H24N2O. The molecule has 3 N–H and O–H groups in total. The van der Waals surface area contributed by atoms with Crippen LogP contribution in [-0.4, -0.2) is 23.8 Å². The third-order valence-electron chi connectivity index (χ3n) is 4.66. The Kier molecular flexibility index (Phi) is 3.50. The lowest BCUT2D eigenvalue weighted by Crippen LogP contribution is -2.47. The Labute approximate surface area is 115 Å². The Balaban J connectivity index is 1.80. The van der Waals surface area contributed by atoms with Gasteiger partial charge in [0.1, 0.15) is 0 Å². The van der Waals surface area contributed by atoms with E-state index in [0.29, 0.717) is 0 Å². The molecule has 104 valence electrons. The van der Waals surface area contributed by atoms with E-state index in [1.807, 2.05) is 0 Å². The van der Waals surface area contributed by atoms with E-state index in [-0.39, 0.29) is 6.04 Å². The predicted molar refractivity (Wildman–Crippen MR) is 78.2 cm³/mol. The van der Waals surface area contributed by atoms with Gasteiger partial charge in [-0.1, -0.05) is 37.5 Å². The number of anilines is 1. The molecule has 1 fully saturated rings. The van der Waals surface area contributed by atoms with Crippen LogP contribution in [0.2, 0.25) is 0 Å². The van der Waals surface area contributed by atoms with Gasteiger partial charge in [0, 0.05) is 24.8 Å². The third-order valence-corrected chi connectivity index (χ3v) is 4.66. The third kappa shape index (κ3) is 2.63. The molecule has 3 heteroatoms. The maximum atomic E-state index is 10.7. The van der Waals surface area contributed by atoms with Gasteiger partial charge in [-0.05, 0) is 30.9 Å². The summed E-state index contributed by atoms with van der Waals surface area (Å²) in [5, 5.41) is 10.7. The van der Waals surface area contributed by atoms with Crippen molar-refractivity contribution in [3.63, 3.8) is 0 Å². The van der Waals surface area contributed by atoms with Gasteiger partial charge < -0.3 is 15.7 Å². The van der Waals surface area contributed by atoms with Gasteiger partial charge in [0.15, 0.2) is 0 Å². The monoisotopic (exact) mass is 260 g/mol. The number of nitrogens with zero attached hydrogens (tertiary/aromatic N) is 1. The molecule has 1 heterocycles. The van der Waals surface area contributed by atoms with Gasteiger partial charge in [-0.3, -0.25) is 0 Å². The van der Waals surface area contributed by atoms with Crippen LogP contribution in [-0.2, 0) is 0 Å². The van der Waals surface area contributed by atoms with Crippen molar-refractivity contribution in [1.29, 1.82) is 0 Å². The summed E-state index contributed by atoms with van der Waals surface area (Å²) in [5.74, 6) is 0. The highest BCUT2D eigenvalue weighted by Gasteiger charge is 2.33. The number of rotatable bonds is 2. The summed E-state index contributed by atoms with van der Waals surface area (Å²) in [5.41, 5.74) is 8.14. The minimum atomic E-state index is -0.493. The van der Waals surface area contributed by atoms with Gasteiger partial charge in [0.25, 0.3) is 0 Å². The van der Waals surface area contributed by atoms with Gasteiger partial charge >= 0.3 is 0 Å². The Morgan fingerprint density at radius 2 is 1.95 bits per heavy atom. The van der Waals surface area contributed by atoms with E-state index in [1.165, 1.54) is 17.7 Å². The minimum Gasteiger partial charge on any atom is -0.388 e. The number of benzene rings is 1. The molecule has 0 aromatic heterocycles. The summed E-state index contributed by atoms with van der Waals surface area (Å²) in [4.78, 5) is 2.34. The molecule has 0 amide bonds. The molecule has 3 nitrogen and oxygen atoms in total. The van der Waals surface area contributed by atoms with Gasteiger partial charge in [0.2, 0.25) is 0 Å². The normalized spacial score (nSPS) is 26.0. The molecule has 0 spiro atoms. The Bertz CT molecular complexity index is 440. The first-order chi connectivity index (χ1) is 9.18. The number of hydrogen-bond donors (Lipinski definition) is 2. The second kappa shape index (κ2) is 5.14.